The predicted molar refractivity (Wildman–Crippen MR) is 90.0 cm³/mol. The van der Waals surface area contributed by atoms with Gasteiger partial charge in [-0.15, -0.1) is 11.3 Å². The molecular weight excluding hydrogens is 294 g/mol. The van der Waals surface area contributed by atoms with E-state index in [1.54, 1.807) is 0 Å². The summed E-state index contributed by atoms with van der Waals surface area (Å²) < 4.78 is 5.51. The summed E-state index contributed by atoms with van der Waals surface area (Å²) in [6, 6.07) is 10.9. The Balaban J connectivity index is 1.66. The van der Waals surface area contributed by atoms with Gasteiger partial charge in [-0.3, -0.25) is 14.8 Å². The lowest BCUT2D eigenvalue weighted by atomic mass is 10.1. The Morgan fingerprint density at radius 1 is 1.27 bits per heavy atom. The van der Waals surface area contributed by atoms with Crippen molar-refractivity contribution < 1.29 is 4.74 Å². The van der Waals surface area contributed by atoms with Crippen LogP contribution in [0.25, 0.3) is 0 Å². The summed E-state index contributed by atoms with van der Waals surface area (Å²) in [6.07, 6.45) is 1.86. The lowest BCUT2D eigenvalue weighted by Gasteiger charge is -2.36. The molecule has 1 aliphatic rings. The Labute approximate surface area is 136 Å². The summed E-state index contributed by atoms with van der Waals surface area (Å²) in [4.78, 5) is 10.8. The van der Waals surface area contributed by atoms with Gasteiger partial charge >= 0.3 is 0 Å². The first-order valence-electron chi connectivity index (χ1n) is 7.76. The van der Waals surface area contributed by atoms with E-state index in [9.17, 15) is 0 Å². The van der Waals surface area contributed by atoms with Crippen LogP contribution in [0.3, 0.4) is 0 Å². The maximum Gasteiger partial charge on any atom is 0.0594 e. The second-order valence-corrected chi connectivity index (χ2v) is 6.68. The van der Waals surface area contributed by atoms with E-state index in [4.69, 9.17) is 4.74 Å². The molecule has 1 fully saturated rings. The number of hydrogen-bond donors (Lipinski definition) is 0. The van der Waals surface area contributed by atoms with Gasteiger partial charge in [0.25, 0.3) is 0 Å². The highest BCUT2D eigenvalue weighted by Gasteiger charge is 2.24. The number of thiophene rings is 1. The summed E-state index contributed by atoms with van der Waals surface area (Å²) in [5.41, 5.74) is 1.12. The molecule has 118 valence electrons. The smallest absolute Gasteiger partial charge is 0.0594 e. The number of ether oxygens (including phenoxy) is 1. The molecule has 0 N–H and O–H groups in total. The summed E-state index contributed by atoms with van der Waals surface area (Å²) >= 11 is 1.85. The van der Waals surface area contributed by atoms with Crippen LogP contribution >= 0.6 is 11.3 Å². The van der Waals surface area contributed by atoms with Crippen molar-refractivity contribution in [2.75, 3.05) is 39.9 Å². The second-order valence-electron chi connectivity index (χ2n) is 5.70. The molecule has 4 nitrogen and oxygen atoms in total. The third-order valence-corrected chi connectivity index (χ3v) is 4.97. The molecule has 0 bridgehead atoms. The molecule has 1 aliphatic heterocycles. The minimum atomic E-state index is 0.442. The third-order valence-electron chi connectivity index (χ3n) is 4.00. The lowest BCUT2D eigenvalue weighted by molar-refractivity contribution is 0.00957. The van der Waals surface area contributed by atoms with Gasteiger partial charge in [0.2, 0.25) is 0 Å². The molecule has 1 saturated heterocycles. The van der Waals surface area contributed by atoms with Gasteiger partial charge in [-0.05, 0) is 30.6 Å². The summed E-state index contributed by atoms with van der Waals surface area (Å²) in [7, 11) is 2.18. The van der Waals surface area contributed by atoms with E-state index in [0.717, 1.165) is 45.1 Å². The van der Waals surface area contributed by atoms with Crippen LogP contribution in [0.5, 0.6) is 0 Å². The zero-order valence-electron chi connectivity index (χ0n) is 13.0. The fourth-order valence-electron chi connectivity index (χ4n) is 2.88. The molecule has 0 radical (unpaired) electrons. The zero-order valence-corrected chi connectivity index (χ0v) is 13.8. The van der Waals surface area contributed by atoms with Gasteiger partial charge in [-0.1, -0.05) is 12.1 Å². The molecule has 2 aromatic heterocycles. The first-order valence-corrected chi connectivity index (χ1v) is 8.64. The molecule has 0 amide bonds. The average molecular weight is 317 g/mol. The highest BCUT2D eigenvalue weighted by molar-refractivity contribution is 7.10. The van der Waals surface area contributed by atoms with E-state index in [0.29, 0.717) is 6.04 Å². The molecule has 1 atom stereocenters. The maximum atomic E-state index is 5.51. The quantitative estimate of drug-likeness (QED) is 0.819. The number of nitrogens with zero attached hydrogens (tertiary/aromatic N) is 3. The van der Waals surface area contributed by atoms with Crippen LogP contribution in [0, 0.1) is 0 Å². The molecular formula is C17H23N3OS. The molecule has 0 saturated carbocycles. The maximum absolute atomic E-state index is 5.51. The largest absolute Gasteiger partial charge is 0.379 e. The Bertz CT molecular complexity index is 540. The van der Waals surface area contributed by atoms with Crippen LogP contribution in [0.1, 0.15) is 16.6 Å². The number of hydrogen-bond acceptors (Lipinski definition) is 5. The van der Waals surface area contributed by atoms with Crippen molar-refractivity contribution >= 4 is 11.3 Å². The summed E-state index contributed by atoms with van der Waals surface area (Å²) in [5.74, 6) is 0. The van der Waals surface area contributed by atoms with Crippen LogP contribution < -0.4 is 0 Å². The molecule has 0 unspecified atom stereocenters. The number of aromatic nitrogens is 1. The average Bonchev–Trinajstić information content (AvgIpc) is 3.08. The fraction of sp³-hybridized carbons (Fsp3) is 0.471. The van der Waals surface area contributed by atoms with E-state index in [1.165, 1.54) is 4.88 Å². The van der Waals surface area contributed by atoms with Gasteiger partial charge in [0.05, 0.1) is 24.9 Å². The molecule has 0 aromatic carbocycles. The Hall–Kier alpha value is -1.27. The molecule has 3 rings (SSSR count). The van der Waals surface area contributed by atoms with E-state index < -0.39 is 0 Å². The highest BCUT2D eigenvalue weighted by atomic mass is 32.1. The van der Waals surface area contributed by atoms with E-state index in [1.807, 2.05) is 23.6 Å². The van der Waals surface area contributed by atoms with Gasteiger partial charge in [0.15, 0.2) is 0 Å². The van der Waals surface area contributed by atoms with Gasteiger partial charge in [0, 0.05) is 37.3 Å². The first-order chi connectivity index (χ1) is 10.8. The van der Waals surface area contributed by atoms with Crippen molar-refractivity contribution in [1.29, 1.82) is 0 Å². The molecule has 3 heterocycles. The number of morpholine rings is 1. The molecule has 2 aromatic rings. The van der Waals surface area contributed by atoms with Crippen molar-refractivity contribution in [3.8, 4) is 0 Å². The van der Waals surface area contributed by atoms with Gasteiger partial charge in [-0.2, -0.15) is 0 Å². The Morgan fingerprint density at radius 3 is 2.82 bits per heavy atom. The van der Waals surface area contributed by atoms with E-state index >= 15 is 0 Å². The monoisotopic (exact) mass is 317 g/mol. The molecule has 0 aliphatic carbocycles. The fourth-order valence-corrected chi connectivity index (χ4v) is 3.74. The van der Waals surface area contributed by atoms with Crippen molar-refractivity contribution in [2.45, 2.75) is 12.6 Å². The lowest BCUT2D eigenvalue weighted by Crippen LogP contribution is -2.42. The molecule has 22 heavy (non-hydrogen) atoms. The van der Waals surface area contributed by atoms with Crippen LogP contribution in [-0.4, -0.2) is 54.7 Å². The standard InChI is InChI=1S/C17H23N3OS/c1-19(13-15-5-2-3-7-18-15)14-16(17-6-4-12-22-17)20-8-10-21-11-9-20/h2-7,12,16H,8-11,13-14H2,1H3/t16-/m1/s1. The number of rotatable bonds is 6. The van der Waals surface area contributed by atoms with Crippen molar-refractivity contribution in [2.24, 2.45) is 0 Å². The molecule has 5 heteroatoms. The zero-order chi connectivity index (χ0) is 15.2. The van der Waals surface area contributed by atoms with Crippen molar-refractivity contribution in [3.63, 3.8) is 0 Å². The normalized spacial score (nSPS) is 17.7. The topological polar surface area (TPSA) is 28.6 Å². The van der Waals surface area contributed by atoms with Crippen molar-refractivity contribution in [1.82, 2.24) is 14.8 Å². The minimum Gasteiger partial charge on any atom is -0.379 e. The molecule has 0 spiro atoms. The summed E-state index contributed by atoms with van der Waals surface area (Å²) in [5, 5.41) is 2.17. The van der Waals surface area contributed by atoms with Crippen molar-refractivity contribution in [3.05, 3.63) is 52.5 Å². The van der Waals surface area contributed by atoms with Gasteiger partial charge < -0.3 is 4.74 Å². The van der Waals surface area contributed by atoms with Crippen LogP contribution in [-0.2, 0) is 11.3 Å². The summed E-state index contributed by atoms with van der Waals surface area (Å²) in [6.45, 7) is 5.60. The van der Waals surface area contributed by atoms with Gasteiger partial charge in [-0.25, -0.2) is 0 Å². The van der Waals surface area contributed by atoms with E-state index in [2.05, 4.69) is 51.5 Å². The van der Waals surface area contributed by atoms with Crippen LogP contribution in [0.2, 0.25) is 0 Å². The second kappa shape index (κ2) is 7.83. The van der Waals surface area contributed by atoms with E-state index in [-0.39, 0.29) is 0 Å². The third kappa shape index (κ3) is 4.14. The van der Waals surface area contributed by atoms with Crippen LogP contribution in [0.15, 0.2) is 41.9 Å². The number of pyridine rings is 1. The predicted octanol–water partition coefficient (Wildman–Crippen LogP) is 2.65. The first kappa shape index (κ1) is 15.6. The number of likely N-dealkylation sites (N-methyl/N-ethyl adjacent to an activating group) is 1. The highest BCUT2D eigenvalue weighted by Crippen LogP contribution is 2.27. The van der Waals surface area contributed by atoms with Crippen LogP contribution in [0.4, 0.5) is 0 Å². The van der Waals surface area contributed by atoms with Gasteiger partial charge in [0.1, 0.15) is 0 Å². The minimum absolute atomic E-state index is 0.442. The Morgan fingerprint density at radius 2 is 2.14 bits per heavy atom. The Kier molecular flexibility index (Phi) is 5.56. The SMILES string of the molecule is CN(Cc1ccccn1)C[C@H](c1cccs1)N1CCOCC1.